The van der Waals surface area contributed by atoms with E-state index in [1.165, 1.54) is 0 Å². The molecule has 0 bridgehead atoms. The van der Waals surface area contributed by atoms with Crippen LogP contribution in [0.2, 0.25) is 0 Å². The molecule has 0 amide bonds. The number of rotatable bonds is 7. The number of aromatic carboxylic acids is 1. The summed E-state index contributed by atoms with van der Waals surface area (Å²) < 4.78 is 0. The molecule has 0 aliphatic carbocycles. The molecule has 0 unspecified atom stereocenters. The third-order valence-corrected chi connectivity index (χ3v) is 5.21. The smallest absolute Gasteiger partial charge is 0.336 e. The van der Waals surface area contributed by atoms with E-state index in [0.29, 0.717) is 18.7 Å². The lowest BCUT2D eigenvalue weighted by molar-refractivity contribution is 0.0697. The lowest BCUT2D eigenvalue weighted by Crippen LogP contribution is -2.23. The summed E-state index contributed by atoms with van der Waals surface area (Å²) in [6.07, 6.45) is 5.08. The van der Waals surface area contributed by atoms with E-state index >= 15 is 0 Å². The first-order chi connectivity index (χ1) is 15.1. The van der Waals surface area contributed by atoms with Crippen molar-refractivity contribution in [2.75, 3.05) is 4.90 Å². The second-order valence-electron chi connectivity index (χ2n) is 7.41. The van der Waals surface area contributed by atoms with Crippen LogP contribution in [0.4, 0.5) is 5.82 Å². The Hall–Kier alpha value is -3.99. The Morgan fingerprint density at radius 2 is 1.61 bits per heavy atom. The van der Waals surface area contributed by atoms with Gasteiger partial charge in [0.2, 0.25) is 0 Å². The van der Waals surface area contributed by atoms with Gasteiger partial charge in [-0.25, -0.2) is 9.78 Å². The standard InChI is InChI=1S/C26H23N3O2/c1-19-7-5-6-10-22(19)24-15-21(11-12-23(24)26(30)31)18-29(25-16-27-13-14-28-25)17-20-8-3-2-4-9-20/h2-16H,17-18H2,1H3,(H,30,31). The molecule has 0 saturated heterocycles. The molecular weight excluding hydrogens is 386 g/mol. The summed E-state index contributed by atoms with van der Waals surface area (Å²) in [6, 6.07) is 23.6. The lowest BCUT2D eigenvalue weighted by Gasteiger charge is -2.24. The first kappa shape index (κ1) is 20.3. The van der Waals surface area contributed by atoms with Gasteiger partial charge in [-0.05, 0) is 46.9 Å². The molecule has 4 rings (SSSR count). The van der Waals surface area contributed by atoms with Crippen molar-refractivity contribution in [3.05, 3.63) is 114 Å². The first-order valence-electron chi connectivity index (χ1n) is 10.1. The zero-order valence-corrected chi connectivity index (χ0v) is 17.3. The van der Waals surface area contributed by atoms with Gasteiger partial charge in [0, 0.05) is 25.5 Å². The highest BCUT2D eigenvalue weighted by Gasteiger charge is 2.16. The van der Waals surface area contributed by atoms with E-state index in [1.54, 1.807) is 24.7 Å². The Bertz CT molecular complexity index is 1180. The molecule has 0 radical (unpaired) electrons. The van der Waals surface area contributed by atoms with Crippen molar-refractivity contribution in [2.45, 2.75) is 20.0 Å². The summed E-state index contributed by atoms with van der Waals surface area (Å²) in [5.74, 6) is -0.161. The summed E-state index contributed by atoms with van der Waals surface area (Å²) >= 11 is 0. The van der Waals surface area contributed by atoms with Crippen molar-refractivity contribution in [3.63, 3.8) is 0 Å². The van der Waals surface area contributed by atoms with Crippen molar-refractivity contribution in [1.82, 2.24) is 9.97 Å². The van der Waals surface area contributed by atoms with Crippen LogP contribution in [0.5, 0.6) is 0 Å². The van der Waals surface area contributed by atoms with E-state index in [9.17, 15) is 9.90 Å². The Balaban J connectivity index is 1.72. The summed E-state index contributed by atoms with van der Waals surface area (Å²) in [5.41, 5.74) is 5.15. The molecule has 0 spiro atoms. The van der Waals surface area contributed by atoms with Crippen LogP contribution in [-0.4, -0.2) is 21.0 Å². The molecule has 0 aliphatic rings. The van der Waals surface area contributed by atoms with Gasteiger partial charge in [-0.1, -0.05) is 60.7 Å². The monoisotopic (exact) mass is 409 g/mol. The minimum absolute atomic E-state index is 0.298. The average molecular weight is 409 g/mol. The predicted octanol–water partition coefficient (Wildman–Crippen LogP) is 5.36. The molecule has 0 fully saturated rings. The topological polar surface area (TPSA) is 66.3 Å². The van der Waals surface area contributed by atoms with Crippen LogP contribution in [0, 0.1) is 6.92 Å². The molecule has 3 aromatic carbocycles. The minimum Gasteiger partial charge on any atom is -0.478 e. The van der Waals surface area contributed by atoms with Crippen LogP contribution in [0.1, 0.15) is 27.0 Å². The fraction of sp³-hybridized carbons (Fsp3) is 0.115. The highest BCUT2D eigenvalue weighted by molar-refractivity contribution is 5.96. The van der Waals surface area contributed by atoms with Crippen LogP contribution < -0.4 is 4.90 Å². The zero-order chi connectivity index (χ0) is 21.6. The normalized spacial score (nSPS) is 10.6. The maximum absolute atomic E-state index is 11.9. The molecule has 1 N–H and O–H groups in total. The number of nitrogens with zero attached hydrogens (tertiary/aromatic N) is 3. The van der Waals surface area contributed by atoms with E-state index in [4.69, 9.17) is 0 Å². The van der Waals surface area contributed by atoms with Gasteiger partial charge in [-0.3, -0.25) is 4.98 Å². The Morgan fingerprint density at radius 3 is 2.32 bits per heavy atom. The van der Waals surface area contributed by atoms with Gasteiger partial charge in [0.15, 0.2) is 0 Å². The first-order valence-corrected chi connectivity index (χ1v) is 10.1. The van der Waals surface area contributed by atoms with Gasteiger partial charge in [-0.2, -0.15) is 0 Å². The molecule has 5 heteroatoms. The van der Waals surface area contributed by atoms with Crippen molar-refractivity contribution in [3.8, 4) is 11.1 Å². The Labute approximate surface area is 181 Å². The van der Waals surface area contributed by atoms with E-state index in [0.717, 1.165) is 33.6 Å². The summed E-state index contributed by atoms with van der Waals surface area (Å²) in [5, 5.41) is 9.73. The Morgan fingerprint density at radius 1 is 0.871 bits per heavy atom. The molecular formula is C26H23N3O2. The predicted molar refractivity (Wildman–Crippen MR) is 122 cm³/mol. The van der Waals surface area contributed by atoms with Gasteiger partial charge >= 0.3 is 5.97 Å². The number of anilines is 1. The van der Waals surface area contributed by atoms with Gasteiger partial charge in [-0.15, -0.1) is 0 Å². The fourth-order valence-corrected chi connectivity index (χ4v) is 3.67. The summed E-state index contributed by atoms with van der Waals surface area (Å²) in [7, 11) is 0. The van der Waals surface area contributed by atoms with Gasteiger partial charge in [0.05, 0.1) is 11.8 Å². The third kappa shape index (κ3) is 4.78. The molecule has 31 heavy (non-hydrogen) atoms. The maximum atomic E-state index is 11.9. The Kier molecular flexibility index (Phi) is 6.03. The second-order valence-corrected chi connectivity index (χ2v) is 7.41. The van der Waals surface area contributed by atoms with Crippen LogP contribution in [0.25, 0.3) is 11.1 Å². The van der Waals surface area contributed by atoms with Crippen molar-refractivity contribution < 1.29 is 9.90 Å². The number of carbonyl (C=O) groups is 1. The SMILES string of the molecule is Cc1ccccc1-c1cc(CN(Cc2ccccc2)c2cnccn2)ccc1C(=O)O. The molecule has 1 heterocycles. The van der Waals surface area contributed by atoms with Crippen LogP contribution in [-0.2, 0) is 13.1 Å². The number of benzene rings is 3. The van der Waals surface area contributed by atoms with Crippen molar-refractivity contribution in [1.29, 1.82) is 0 Å². The van der Waals surface area contributed by atoms with Crippen LogP contribution >= 0.6 is 0 Å². The molecule has 1 aromatic heterocycles. The number of aromatic nitrogens is 2. The van der Waals surface area contributed by atoms with Gasteiger partial charge < -0.3 is 10.0 Å². The molecule has 5 nitrogen and oxygen atoms in total. The molecule has 0 aliphatic heterocycles. The summed E-state index contributed by atoms with van der Waals surface area (Å²) in [6.45, 7) is 3.24. The van der Waals surface area contributed by atoms with E-state index in [2.05, 4.69) is 27.0 Å². The number of hydrogen-bond donors (Lipinski definition) is 1. The maximum Gasteiger partial charge on any atom is 0.336 e. The van der Waals surface area contributed by atoms with Crippen LogP contribution in [0.3, 0.4) is 0 Å². The number of hydrogen-bond acceptors (Lipinski definition) is 4. The number of carboxylic acid groups (broad SMARTS) is 1. The molecule has 0 atom stereocenters. The highest BCUT2D eigenvalue weighted by atomic mass is 16.4. The van der Waals surface area contributed by atoms with E-state index < -0.39 is 5.97 Å². The lowest BCUT2D eigenvalue weighted by atomic mass is 9.94. The average Bonchev–Trinajstić information content (AvgIpc) is 2.80. The second kappa shape index (κ2) is 9.22. The number of carboxylic acids is 1. The van der Waals surface area contributed by atoms with Gasteiger partial charge in [0.1, 0.15) is 5.82 Å². The van der Waals surface area contributed by atoms with Gasteiger partial charge in [0.25, 0.3) is 0 Å². The molecule has 154 valence electrons. The van der Waals surface area contributed by atoms with Crippen molar-refractivity contribution >= 4 is 11.8 Å². The molecule has 4 aromatic rings. The summed E-state index contributed by atoms with van der Waals surface area (Å²) in [4.78, 5) is 22.7. The van der Waals surface area contributed by atoms with E-state index in [-0.39, 0.29) is 0 Å². The van der Waals surface area contributed by atoms with Crippen LogP contribution in [0.15, 0.2) is 91.4 Å². The highest BCUT2D eigenvalue weighted by Crippen LogP contribution is 2.29. The quantitative estimate of drug-likeness (QED) is 0.445. The minimum atomic E-state index is -0.931. The number of aryl methyl sites for hydroxylation is 1. The fourth-order valence-electron chi connectivity index (χ4n) is 3.67. The zero-order valence-electron chi connectivity index (χ0n) is 17.3. The van der Waals surface area contributed by atoms with Crippen molar-refractivity contribution in [2.24, 2.45) is 0 Å². The third-order valence-electron chi connectivity index (χ3n) is 5.21. The van der Waals surface area contributed by atoms with E-state index in [1.807, 2.05) is 61.5 Å². The largest absolute Gasteiger partial charge is 0.478 e. The molecule has 0 saturated carbocycles.